The van der Waals surface area contributed by atoms with E-state index in [9.17, 15) is 19.0 Å². The highest BCUT2D eigenvalue weighted by Crippen LogP contribution is 2.38. The number of likely N-dealkylation sites (N-methyl/N-ethyl adjacent to an activating group) is 1. The van der Waals surface area contributed by atoms with Gasteiger partial charge in [0.25, 0.3) is 7.82 Å². The minimum atomic E-state index is -4.73. The van der Waals surface area contributed by atoms with Crippen molar-refractivity contribution < 1.29 is 37.3 Å². The maximum absolute atomic E-state index is 13.6. The average Bonchev–Trinajstić information content (AvgIpc) is 3.64. The maximum atomic E-state index is 13.6. The number of amides is 1. The molecule has 0 saturated heterocycles. The molecule has 3 unspecified atom stereocenters. The van der Waals surface area contributed by atoms with Crippen LogP contribution in [0.1, 0.15) is 245 Å². The maximum Gasteiger partial charge on any atom is 0.306 e. The molecule has 0 aromatic rings. The average molecular weight is 1180 g/mol. The minimum absolute atomic E-state index is 0.0417. The number of unbranched alkanes of at least 4 members (excludes halogenated alkanes) is 18. The van der Waals surface area contributed by atoms with Crippen LogP contribution in [0.25, 0.3) is 0 Å². The van der Waals surface area contributed by atoms with Gasteiger partial charge in [-0.2, -0.15) is 0 Å². The van der Waals surface area contributed by atoms with Gasteiger partial charge in [-0.05, 0) is 134 Å². The van der Waals surface area contributed by atoms with Gasteiger partial charge in [-0.25, -0.2) is 0 Å². The Morgan fingerprint density at radius 1 is 0.429 bits per heavy atom. The Morgan fingerprint density at radius 2 is 0.762 bits per heavy atom. The first-order valence-electron chi connectivity index (χ1n) is 33.3. The van der Waals surface area contributed by atoms with Gasteiger partial charge in [-0.1, -0.05) is 256 Å². The first-order valence-corrected chi connectivity index (χ1v) is 34.8. The van der Waals surface area contributed by atoms with Crippen molar-refractivity contribution in [2.24, 2.45) is 0 Å². The molecule has 0 aromatic heterocycles. The number of quaternary nitrogens is 1. The Morgan fingerprint density at radius 3 is 1.14 bits per heavy atom. The summed E-state index contributed by atoms with van der Waals surface area (Å²) in [6.45, 7) is 6.56. The zero-order valence-corrected chi connectivity index (χ0v) is 55.2. The van der Waals surface area contributed by atoms with E-state index in [1.165, 1.54) is 51.4 Å². The van der Waals surface area contributed by atoms with Gasteiger partial charge in [0.2, 0.25) is 5.91 Å². The number of nitrogens with one attached hydrogen (secondary N) is 1. The molecule has 0 aliphatic rings. The molecular formula is C74H123N2O7P. The summed E-state index contributed by atoms with van der Waals surface area (Å²) in [4.78, 5) is 40.1. The molecule has 0 saturated carbocycles. The van der Waals surface area contributed by atoms with Crippen molar-refractivity contribution in [2.75, 3.05) is 40.9 Å². The van der Waals surface area contributed by atoms with Crippen LogP contribution in [0.15, 0.2) is 158 Å². The van der Waals surface area contributed by atoms with E-state index in [1.807, 2.05) is 33.3 Å². The number of phosphoric ester groups is 1. The van der Waals surface area contributed by atoms with Crippen LogP contribution in [-0.4, -0.2) is 69.4 Å². The number of hydrogen-bond donors (Lipinski definition) is 1. The largest absolute Gasteiger partial charge is 0.756 e. The second kappa shape index (κ2) is 61.7. The van der Waals surface area contributed by atoms with E-state index < -0.39 is 26.6 Å². The third kappa shape index (κ3) is 62.2. The zero-order valence-electron chi connectivity index (χ0n) is 54.3. The minimum Gasteiger partial charge on any atom is -0.756 e. The summed E-state index contributed by atoms with van der Waals surface area (Å²) in [5.74, 6) is -0.612. The number of phosphoric acid groups is 1. The molecule has 9 nitrogen and oxygen atoms in total. The van der Waals surface area contributed by atoms with Crippen molar-refractivity contribution in [3.05, 3.63) is 158 Å². The lowest BCUT2D eigenvalue weighted by Gasteiger charge is -2.30. The second-order valence-corrected chi connectivity index (χ2v) is 24.3. The Labute approximate surface area is 516 Å². The topological polar surface area (TPSA) is 114 Å². The summed E-state index contributed by atoms with van der Waals surface area (Å²) in [6.07, 6.45) is 90.7. The lowest BCUT2D eigenvalue weighted by molar-refractivity contribution is -0.870. The van der Waals surface area contributed by atoms with Gasteiger partial charge in [-0.3, -0.25) is 14.2 Å². The van der Waals surface area contributed by atoms with E-state index in [1.54, 1.807) is 0 Å². The zero-order chi connectivity index (χ0) is 61.4. The van der Waals surface area contributed by atoms with E-state index in [4.69, 9.17) is 13.8 Å². The number of ether oxygens (including phenoxy) is 1. The van der Waals surface area contributed by atoms with Gasteiger partial charge < -0.3 is 28.5 Å². The third-order valence-corrected chi connectivity index (χ3v) is 14.7. The van der Waals surface area contributed by atoms with Crippen LogP contribution in [0.2, 0.25) is 0 Å². The van der Waals surface area contributed by atoms with Crippen molar-refractivity contribution in [1.82, 2.24) is 5.32 Å². The normalized spacial score (nSPS) is 14.6. The summed E-state index contributed by atoms with van der Waals surface area (Å²) in [5, 5.41) is 3.01. The fourth-order valence-corrected chi connectivity index (χ4v) is 9.37. The standard InChI is InChI=1S/C74H123N2O7P/c1-7-10-13-16-19-22-25-28-30-32-34-36-38-40-42-44-46-48-51-54-57-60-63-66-73(77)75-71(70-82-84(79,80)81-69-68-76(4,5)6)72(65-62-59-56-53-50-27-24-21-18-15-12-9-3)83-74(78)67-64-61-58-55-52-49-47-45-43-41-39-37-35-33-31-29-26-23-20-17-14-11-8-2/h10-11,13-14,19-20,22-23,28-31,34-37,40-43,46-49,62,65,71-72H,7-9,12,15-18,21,24-27,32-33,38-39,44-45,50-61,63-64,66-70H2,1-6H3,(H-,75,77,79,80)/b13-10-,14-11-,22-19-,23-20-,30-28-,31-29-,36-34-,37-35-,42-40-,43-41-,48-46-,49-47-,65-62+. The summed E-state index contributed by atoms with van der Waals surface area (Å²) in [5.41, 5.74) is 0. The lowest BCUT2D eigenvalue weighted by atomic mass is 10.0. The first-order chi connectivity index (χ1) is 40.9. The van der Waals surface area contributed by atoms with Crippen molar-refractivity contribution in [3.63, 3.8) is 0 Å². The van der Waals surface area contributed by atoms with Gasteiger partial charge in [0, 0.05) is 12.8 Å². The third-order valence-electron chi connectivity index (χ3n) is 13.7. The highest BCUT2D eigenvalue weighted by molar-refractivity contribution is 7.45. The van der Waals surface area contributed by atoms with E-state index in [2.05, 4.69) is 172 Å². The lowest BCUT2D eigenvalue weighted by Crippen LogP contribution is -2.47. The smallest absolute Gasteiger partial charge is 0.306 e. The number of carbonyl (C=O) groups excluding carboxylic acids is 2. The van der Waals surface area contributed by atoms with Gasteiger partial charge in [0.15, 0.2) is 0 Å². The van der Waals surface area contributed by atoms with Gasteiger partial charge in [-0.15, -0.1) is 0 Å². The second-order valence-electron chi connectivity index (χ2n) is 22.9. The number of allylic oxidation sites excluding steroid dienone is 25. The van der Waals surface area contributed by atoms with E-state index in [-0.39, 0.29) is 31.3 Å². The quantitative estimate of drug-likeness (QED) is 0.0212. The molecule has 0 aliphatic carbocycles. The van der Waals surface area contributed by atoms with Crippen molar-refractivity contribution in [3.8, 4) is 0 Å². The molecule has 10 heteroatoms. The van der Waals surface area contributed by atoms with Crippen LogP contribution in [0.3, 0.4) is 0 Å². The van der Waals surface area contributed by atoms with Crippen LogP contribution in [0, 0.1) is 0 Å². The fraction of sp³-hybridized carbons (Fsp3) is 0.622. The van der Waals surface area contributed by atoms with E-state index in [0.717, 1.165) is 148 Å². The number of carbonyl (C=O) groups is 2. The van der Waals surface area contributed by atoms with Crippen LogP contribution in [-0.2, 0) is 27.9 Å². The van der Waals surface area contributed by atoms with Crippen LogP contribution in [0.5, 0.6) is 0 Å². The van der Waals surface area contributed by atoms with Crippen molar-refractivity contribution in [1.29, 1.82) is 0 Å². The van der Waals surface area contributed by atoms with Gasteiger partial charge in [0.1, 0.15) is 19.3 Å². The number of hydrogen-bond acceptors (Lipinski definition) is 7. The van der Waals surface area contributed by atoms with E-state index >= 15 is 0 Å². The molecule has 1 amide bonds. The SMILES string of the molecule is CC/C=C\C/C=C\C/C=C\C/C=C\C/C=C\C/C=C\CCCCCCC(=O)NC(COP(=O)([O-])OCC[N+](C)(C)C)C(/C=C/CCCCCCCCCCCC)OC(=O)CCCCCC/C=C\C/C=C\C/C=C\C/C=C\C/C=C\C/C=C\CC. The summed E-state index contributed by atoms with van der Waals surface area (Å²) in [6, 6.07) is -0.927. The molecule has 0 rings (SSSR count). The molecular weight excluding hydrogens is 1060 g/mol. The Kier molecular flexibility index (Phi) is 58.5. The summed E-state index contributed by atoms with van der Waals surface area (Å²) in [7, 11) is 1.13. The predicted octanol–water partition coefficient (Wildman–Crippen LogP) is 20.5. The van der Waals surface area contributed by atoms with Gasteiger partial charge >= 0.3 is 5.97 Å². The fourth-order valence-electron chi connectivity index (χ4n) is 8.64. The van der Waals surface area contributed by atoms with Gasteiger partial charge in [0.05, 0.1) is 33.8 Å². The molecule has 0 aliphatic heterocycles. The summed E-state index contributed by atoms with van der Waals surface area (Å²) < 4.78 is 30.3. The molecule has 0 heterocycles. The van der Waals surface area contributed by atoms with Crippen LogP contribution >= 0.6 is 7.82 Å². The molecule has 0 fully saturated rings. The Bertz CT molecular complexity index is 1990. The molecule has 476 valence electrons. The molecule has 84 heavy (non-hydrogen) atoms. The van der Waals surface area contributed by atoms with Crippen LogP contribution < -0.4 is 10.2 Å². The molecule has 3 atom stereocenters. The van der Waals surface area contributed by atoms with Crippen LogP contribution in [0.4, 0.5) is 0 Å². The molecule has 0 spiro atoms. The predicted molar refractivity (Wildman–Crippen MR) is 362 cm³/mol. The Balaban J connectivity index is 5.30. The highest BCUT2D eigenvalue weighted by Gasteiger charge is 2.27. The molecule has 0 bridgehead atoms. The Hall–Kier alpha value is -4.37. The molecule has 0 aromatic carbocycles. The highest BCUT2D eigenvalue weighted by atomic mass is 31.2. The van der Waals surface area contributed by atoms with E-state index in [0.29, 0.717) is 23.9 Å². The number of nitrogens with zero attached hydrogens (tertiary/aromatic N) is 1. The number of esters is 1. The number of rotatable bonds is 58. The van der Waals surface area contributed by atoms with Crippen molar-refractivity contribution in [2.45, 2.75) is 258 Å². The monoisotopic (exact) mass is 1180 g/mol. The van der Waals surface area contributed by atoms with Crippen molar-refractivity contribution >= 4 is 19.7 Å². The summed E-state index contributed by atoms with van der Waals surface area (Å²) >= 11 is 0. The first kappa shape index (κ1) is 79.6. The molecule has 1 N–H and O–H groups in total. The molecule has 0 radical (unpaired) electrons.